The van der Waals surface area contributed by atoms with Crippen LogP contribution in [0.4, 0.5) is 0 Å². The second-order valence-corrected chi connectivity index (χ2v) is 8.62. The van der Waals surface area contributed by atoms with Crippen LogP contribution in [0.15, 0.2) is 24.3 Å². The van der Waals surface area contributed by atoms with Crippen molar-refractivity contribution in [3.63, 3.8) is 0 Å². The lowest BCUT2D eigenvalue weighted by Gasteiger charge is -2.24. The van der Waals surface area contributed by atoms with Crippen molar-refractivity contribution in [2.24, 2.45) is 0 Å². The van der Waals surface area contributed by atoms with Gasteiger partial charge < -0.3 is 5.32 Å². The van der Waals surface area contributed by atoms with E-state index in [1.165, 1.54) is 5.56 Å². The maximum atomic E-state index is 12.3. The third kappa shape index (κ3) is 4.05. The van der Waals surface area contributed by atoms with Crippen LogP contribution >= 0.6 is 0 Å². The van der Waals surface area contributed by atoms with Gasteiger partial charge in [-0.2, -0.15) is 0 Å². The molecule has 1 aromatic carbocycles. The molecule has 19 heavy (non-hydrogen) atoms. The Labute approximate surface area is 117 Å². The van der Waals surface area contributed by atoms with Crippen LogP contribution in [0.25, 0.3) is 0 Å². The topological polar surface area (TPSA) is 46.2 Å². The van der Waals surface area contributed by atoms with E-state index in [-0.39, 0.29) is 11.8 Å². The number of nitrogens with one attached hydrogen (secondary N) is 1. The van der Waals surface area contributed by atoms with E-state index in [9.17, 15) is 8.42 Å². The normalized spacial score (nSPS) is 14.4. The molecule has 0 saturated carbocycles. The molecule has 0 aromatic heterocycles. The highest BCUT2D eigenvalue weighted by atomic mass is 32.2. The highest BCUT2D eigenvalue weighted by Crippen LogP contribution is 2.23. The summed E-state index contributed by atoms with van der Waals surface area (Å²) in [6.45, 7) is 7.34. The second-order valence-electron chi connectivity index (χ2n) is 5.83. The molecule has 0 heterocycles. The lowest BCUT2D eigenvalue weighted by Crippen LogP contribution is -2.35. The van der Waals surface area contributed by atoms with Gasteiger partial charge in [-0.15, -0.1) is 0 Å². The minimum Gasteiger partial charge on any atom is -0.312 e. The van der Waals surface area contributed by atoms with E-state index in [1.807, 2.05) is 12.1 Å². The molecule has 4 heteroatoms. The lowest BCUT2D eigenvalue weighted by atomic mass is 10.1. The zero-order valence-corrected chi connectivity index (χ0v) is 13.3. The maximum Gasteiger partial charge on any atom is 0.157 e. The van der Waals surface area contributed by atoms with Gasteiger partial charge in [0.15, 0.2) is 9.84 Å². The Hall–Kier alpha value is -0.870. The molecule has 0 radical (unpaired) electrons. The number of aryl methyl sites for hydroxylation is 1. The van der Waals surface area contributed by atoms with E-state index in [0.717, 1.165) is 12.0 Å². The molecule has 0 saturated heterocycles. The Kier molecular flexibility index (Phi) is 5.16. The van der Waals surface area contributed by atoms with E-state index in [2.05, 4.69) is 24.4 Å². The highest BCUT2D eigenvalue weighted by Gasteiger charge is 2.31. The van der Waals surface area contributed by atoms with E-state index in [1.54, 1.807) is 27.8 Å². The first-order valence-electron chi connectivity index (χ1n) is 6.69. The van der Waals surface area contributed by atoms with Crippen molar-refractivity contribution in [3.05, 3.63) is 35.4 Å². The van der Waals surface area contributed by atoms with Crippen molar-refractivity contribution in [2.75, 3.05) is 12.8 Å². The number of hydrogen-bond acceptors (Lipinski definition) is 3. The monoisotopic (exact) mass is 283 g/mol. The van der Waals surface area contributed by atoms with Crippen molar-refractivity contribution >= 4 is 9.84 Å². The Balaban J connectivity index is 2.95. The summed E-state index contributed by atoms with van der Waals surface area (Å²) in [5.74, 6) is 0.123. The van der Waals surface area contributed by atoms with Gasteiger partial charge in [0.25, 0.3) is 0 Å². The van der Waals surface area contributed by atoms with Crippen molar-refractivity contribution in [1.82, 2.24) is 5.32 Å². The van der Waals surface area contributed by atoms with E-state index < -0.39 is 14.6 Å². The first-order chi connectivity index (χ1) is 8.71. The Morgan fingerprint density at radius 3 is 2.05 bits per heavy atom. The fraction of sp³-hybridized carbons (Fsp3) is 0.600. The van der Waals surface area contributed by atoms with Crippen LogP contribution in [0.3, 0.4) is 0 Å². The molecule has 0 aliphatic rings. The van der Waals surface area contributed by atoms with Gasteiger partial charge in [-0.05, 0) is 45.4 Å². The molecule has 1 N–H and O–H groups in total. The number of rotatable bonds is 5. The molecule has 0 fully saturated rings. The fourth-order valence-corrected chi connectivity index (χ4v) is 3.10. The van der Waals surface area contributed by atoms with Gasteiger partial charge in [0.2, 0.25) is 0 Å². The molecule has 1 rings (SSSR count). The molecule has 0 aliphatic heterocycles. The number of hydrogen-bond donors (Lipinski definition) is 1. The first kappa shape index (κ1) is 16.2. The van der Waals surface area contributed by atoms with Gasteiger partial charge in [-0.1, -0.05) is 31.2 Å². The summed E-state index contributed by atoms with van der Waals surface area (Å²) in [5.41, 5.74) is 2.28. The predicted molar refractivity (Wildman–Crippen MR) is 81.2 cm³/mol. The van der Waals surface area contributed by atoms with Crippen molar-refractivity contribution in [3.8, 4) is 0 Å². The zero-order valence-electron chi connectivity index (χ0n) is 12.5. The molecule has 0 amide bonds. The van der Waals surface area contributed by atoms with Crippen LogP contribution in [0, 0.1) is 0 Å². The van der Waals surface area contributed by atoms with Gasteiger partial charge in [-0.25, -0.2) is 8.42 Å². The summed E-state index contributed by atoms with van der Waals surface area (Å²) >= 11 is 0. The smallest absolute Gasteiger partial charge is 0.157 e. The van der Waals surface area contributed by atoms with Crippen molar-refractivity contribution in [2.45, 2.75) is 44.9 Å². The van der Waals surface area contributed by atoms with E-state index in [0.29, 0.717) is 0 Å². The van der Waals surface area contributed by atoms with Crippen molar-refractivity contribution < 1.29 is 8.42 Å². The van der Waals surface area contributed by atoms with Crippen LogP contribution in [-0.2, 0) is 16.3 Å². The zero-order chi connectivity index (χ0) is 14.7. The van der Waals surface area contributed by atoms with Crippen LogP contribution < -0.4 is 5.32 Å². The Morgan fingerprint density at radius 1 is 1.16 bits per heavy atom. The van der Waals surface area contributed by atoms with Gasteiger partial charge in [0.05, 0.1) is 10.5 Å². The molecule has 1 unspecified atom stereocenters. The minimum atomic E-state index is -3.14. The lowest BCUT2D eigenvalue weighted by molar-refractivity contribution is 0.542. The first-order valence-corrected chi connectivity index (χ1v) is 8.35. The second kappa shape index (κ2) is 6.06. The van der Waals surface area contributed by atoms with Gasteiger partial charge in [-0.3, -0.25) is 0 Å². The van der Waals surface area contributed by atoms with Crippen LogP contribution in [0.2, 0.25) is 0 Å². The molecule has 0 aliphatic carbocycles. The molecular formula is C15H25NO2S. The molecule has 0 bridgehead atoms. The standard InChI is InChI=1S/C15H25NO2S/c1-6-12-7-9-13(10-8-12)14(16-5)11-19(17,18)15(2,3)4/h7-10,14,16H,6,11H2,1-5H3. The maximum absolute atomic E-state index is 12.3. The summed E-state index contributed by atoms with van der Waals surface area (Å²) in [6.07, 6.45) is 0.991. The van der Waals surface area contributed by atoms with Gasteiger partial charge in [0.1, 0.15) is 0 Å². The SMILES string of the molecule is CCc1ccc(C(CS(=O)(=O)C(C)(C)C)NC)cc1. The molecule has 108 valence electrons. The predicted octanol–water partition coefficient (Wildman–Crippen LogP) is 2.72. The molecule has 1 atom stereocenters. The van der Waals surface area contributed by atoms with Crippen LogP contribution in [-0.4, -0.2) is 26.0 Å². The third-order valence-electron chi connectivity index (χ3n) is 3.46. The van der Waals surface area contributed by atoms with Gasteiger partial charge in [0, 0.05) is 6.04 Å². The average Bonchev–Trinajstić information content (AvgIpc) is 2.35. The largest absolute Gasteiger partial charge is 0.312 e. The Bertz CT molecular complexity index is 498. The molecule has 3 nitrogen and oxygen atoms in total. The quantitative estimate of drug-likeness (QED) is 0.904. The fourth-order valence-electron chi connectivity index (χ4n) is 1.80. The summed E-state index contributed by atoms with van der Waals surface area (Å²) in [7, 11) is -1.33. The number of sulfone groups is 1. The summed E-state index contributed by atoms with van der Waals surface area (Å²) in [5, 5.41) is 3.10. The van der Waals surface area contributed by atoms with Crippen molar-refractivity contribution in [1.29, 1.82) is 0 Å². The molecule has 0 spiro atoms. The highest BCUT2D eigenvalue weighted by molar-refractivity contribution is 7.92. The summed E-state index contributed by atoms with van der Waals surface area (Å²) in [4.78, 5) is 0. The van der Waals surface area contributed by atoms with Gasteiger partial charge >= 0.3 is 0 Å². The molecule has 1 aromatic rings. The summed E-state index contributed by atoms with van der Waals surface area (Å²) < 4.78 is 23.8. The van der Waals surface area contributed by atoms with Crippen LogP contribution in [0.1, 0.15) is 44.9 Å². The summed E-state index contributed by atoms with van der Waals surface area (Å²) in [6, 6.07) is 7.98. The van der Waals surface area contributed by atoms with E-state index in [4.69, 9.17) is 0 Å². The molecular weight excluding hydrogens is 258 g/mol. The van der Waals surface area contributed by atoms with Crippen LogP contribution in [0.5, 0.6) is 0 Å². The third-order valence-corrected chi connectivity index (χ3v) is 6.10. The minimum absolute atomic E-state index is 0.123. The average molecular weight is 283 g/mol. The van der Waals surface area contributed by atoms with E-state index >= 15 is 0 Å². The Morgan fingerprint density at radius 2 is 1.68 bits per heavy atom. The number of benzene rings is 1.